The van der Waals surface area contributed by atoms with E-state index in [1.807, 2.05) is 26.0 Å². The maximum absolute atomic E-state index is 12.4. The second kappa shape index (κ2) is 12.8. The standard InChI is InChI=1S/C32H37ClN6O3/c1-8-21-16-39(31-28(30(34)36-17-37-31)23(21)12-10-18(3)40)20(5)24-14-25(33)19(4)27(29(24)42-9-2)22-11-13-26(35-15-22)32(41)38(6)7/h11,13-15,17-18,20,40H,8-9,16H2,1-7H3,(H2,34,36,37). The van der Waals surface area contributed by atoms with Crippen molar-refractivity contribution in [1.82, 2.24) is 19.9 Å². The maximum Gasteiger partial charge on any atom is 0.271 e. The molecule has 3 N–H and O–H groups in total. The van der Waals surface area contributed by atoms with Crippen molar-refractivity contribution in [2.45, 2.75) is 53.2 Å². The molecule has 1 amide bonds. The molecule has 220 valence electrons. The number of aliphatic hydroxyl groups excluding tert-OH is 1. The topological polar surface area (TPSA) is 118 Å². The van der Waals surface area contributed by atoms with Gasteiger partial charge in [0.2, 0.25) is 0 Å². The lowest BCUT2D eigenvalue weighted by Gasteiger charge is -2.37. The molecule has 2 aromatic heterocycles. The molecule has 0 fully saturated rings. The number of nitrogen functional groups attached to an aromatic ring is 1. The van der Waals surface area contributed by atoms with Gasteiger partial charge >= 0.3 is 0 Å². The summed E-state index contributed by atoms with van der Waals surface area (Å²) in [6.45, 7) is 10.6. The molecule has 0 spiro atoms. The number of hydrogen-bond acceptors (Lipinski definition) is 8. The minimum absolute atomic E-state index is 0.175. The molecule has 4 rings (SSSR count). The van der Waals surface area contributed by atoms with Crippen LogP contribution in [0.3, 0.4) is 0 Å². The average Bonchev–Trinajstić information content (AvgIpc) is 2.97. The predicted molar refractivity (Wildman–Crippen MR) is 167 cm³/mol. The van der Waals surface area contributed by atoms with E-state index in [1.165, 1.54) is 11.2 Å². The second-order valence-corrected chi connectivity index (χ2v) is 10.8. The third-order valence-corrected chi connectivity index (χ3v) is 7.71. The van der Waals surface area contributed by atoms with Crippen LogP contribution in [0.1, 0.15) is 67.3 Å². The quantitative estimate of drug-likeness (QED) is 0.357. The number of allylic oxidation sites excluding steroid dienone is 1. The molecule has 2 atom stereocenters. The summed E-state index contributed by atoms with van der Waals surface area (Å²) in [5, 5.41) is 10.4. The molecule has 0 bridgehead atoms. The van der Waals surface area contributed by atoms with E-state index < -0.39 is 6.10 Å². The fourth-order valence-corrected chi connectivity index (χ4v) is 5.30. The molecule has 1 aromatic carbocycles. The number of benzene rings is 1. The number of hydrogen-bond donors (Lipinski definition) is 2. The van der Waals surface area contributed by atoms with Crippen LogP contribution < -0.4 is 15.4 Å². The van der Waals surface area contributed by atoms with Crippen LogP contribution in [0.25, 0.3) is 16.7 Å². The Morgan fingerprint density at radius 1 is 1.21 bits per heavy atom. The Hall–Kier alpha value is -4.13. The fourth-order valence-electron chi connectivity index (χ4n) is 5.09. The molecule has 0 saturated carbocycles. The number of aromatic nitrogens is 3. The Bertz CT molecular complexity index is 1590. The summed E-state index contributed by atoms with van der Waals surface area (Å²) >= 11 is 6.87. The molecular weight excluding hydrogens is 552 g/mol. The highest BCUT2D eigenvalue weighted by molar-refractivity contribution is 6.32. The number of halogens is 1. The van der Waals surface area contributed by atoms with Gasteiger partial charge in [-0.25, -0.2) is 9.97 Å². The van der Waals surface area contributed by atoms with Crippen molar-refractivity contribution in [3.05, 3.63) is 63.7 Å². The average molecular weight is 589 g/mol. The van der Waals surface area contributed by atoms with Crippen LogP contribution in [-0.2, 0) is 0 Å². The number of nitrogens with zero attached hydrogens (tertiary/aromatic N) is 5. The highest BCUT2D eigenvalue weighted by Gasteiger charge is 2.33. The molecule has 3 aromatic rings. The van der Waals surface area contributed by atoms with Crippen molar-refractivity contribution >= 4 is 34.7 Å². The zero-order chi connectivity index (χ0) is 30.7. The first kappa shape index (κ1) is 30.8. The van der Waals surface area contributed by atoms with Crippen LogP contribution in [0, 0.1) is 18.8 Å². The van der Waals surface area contributed by atoms with Crippen LogP contribution in [0.15, 0.2) is 36.3 Å². The highest BCUT2D eigenvalue weighted by atomic mass is 35.5. The molecule has 3 heterocycles. The minimum atomic E-state index is -0.784. The number of aliphatic hydroxyl groups is 1. The minimum Gasteiger partial charge on any atom is -0.493 e. The van der Waals surface area contributed by atoms with Crippen LogP contribution in [-0.4, -0.2) is 64.2 Å². The van der Waals surface area contributed by atoms with E-state index in [-0.39, 0.29) is 11.9 Å². The number of pyridine rings is 1. The van der Waals surface area contributed by atoms with Crippen molar-refractivity contribution in [1.29, 1.82) is 0 Å². The Balaban J connectivity index is 1.89. The van der Waals surface area contributed by atoms with E-state index in [2.05, 4.69) is 45.5 Å². The number of ether oxygens (including phenoxy) is 1. The third kappa shape index (κ3) is 5.91. The maximum atomic E-state index is 12.4. The van der Waals surface area contributed by atoms with Crippen molar-refractivity contribution < 1.29 is 14.6 Å². The van der Waals surface area contributed by atoms with Gasteiger partial charge in [0.25, 0.3) is 5.91 Å². The van der Waals surface area contributed by atoms with E-state index in [9.17, 15) is 9.90 Å². The van der Waals surface area contributed by atoms with Crippen molar-refractivity contribution in [2.75, 3.05) is 37.9 Å². The number of carbonyl (C=O) groups excluding carboxylic acids is 1. The smallest absolute Gasteiger partial charge is 0.271 e. The number of carbonyl (C=O) groups is 1. The summed E-state index contributed by atoms with van der Waals surface area (Å²) in [5.41, 5.74) is 12.5. The van der Waals surface area contributed by atoms with E-state index in [1.54, 1.807) is 33.3 Å². The summed E-state index contributed by atoms with van der Waals surface area (Å²) in [5.74, 6) is 7.47. The fraction of sp³-hybridized carbons (Fsp3) is 0.375. The van der Waals surface area contributed by atoms with Crippen molar-refractivity contribution in [2.24, 2.45) is 0 Å². The lowest BCUT2D eigenvalue weighted by atomic mass is 9.90. The molecule has 0 aliphatic carbocycles. The van der Waals surface area contributed by atoms with E-state index >= 15 is 0 Å². The van der Waals surface area contributed by atoms with Crippen LogP contribution in [0.5, 0.6) is 5.75 Å². The summed E-state index contributed by atoms with van der Waals surface area (Å²) in [6, 6.07) is 5.28. The number of amides is 1. The van der Waals surface area contributed by atoms with Gasteiger partial charge in [0.05, 0.1) is 18.2 Å². The van der Waals surface area contributed by atoms with E-state index in [0.717, 1.165) is 39.8 Å². The number of nitrogens with two attached hydrogens (primary N) is 1. The molecule has 42 heavy (non-hydrogen) atoms. The summed E-state index contributed by atoms with van der Waals surface area (Å²) in [7, 11) is 3.39. The Morgan fingerprint density at radius 3 is 2.55 bits per heavy atom. The number of fused-ring (bicyclic) bond motifs is 1. The lowest BCUT2D eigenvalue weighted by molar-refractivity contribution is 0.0822. The number of rotatable bonds is 7. The van der Waals surface area contributed by atoms with Gasteiger partial charge in [-0.05, 0) is 57.4 Å². The van der Waals surface area contributed by atoms with E-state index in [4.69, 9.17) is 22.1 Å². The van der Waals surface area contributed by atoms with Gasteiger partial charge in [0.15, 0.2) is 0 Å². The summed E-state index contributed by atoms with van der Waals surface area (Å²) < 4.78 is 6.33. The molecule has 1 aliphatic heterocycles. The summed E-state index contributed by atoms with van der Waals surface area (Å²) in [6.07, 6.45) is 3.07. The highest BCUT2D eigenvalue weighted by Crippen LogP contribution is 2.46. The van der Waals surface area contributed by atoms with Gasteiger partial charge in [-0.3, -0.25) is 9.78 Å². The largest absolute Gasteiger partial charge is 0.493 e. The summed E-state index contributed by atoms with van der Waals surface area (Å²) in [4.78, 5) is 29.4. The van der Waals surface area contributed by atoms with Gasteiger partial charge in [-0.1, -0.05) is 36.4 Å². The van der Waals surface area contributed by atoms with Crippen LogP contribution >= 0.6 is 11.6 Å². The van der Waals surface area contributed by atoms with Gasteiger partial charge in [0, 0.05) is 54.1 Å². The van der Waals surface area contributed by atoms with Gasteiger partial charge in [-0.15, -0.1) is 0 Å². The molecule has 10 heteroatoms. The molecule has 0 radical (unpaired) electrons. The van der Waals surface area contributed by atoms with Gasteiger partial charge < -0.3 is 25.4 Å². The Morgan fingerprint density at radius 2 is 1.95 bits per heavy atom. The molecular formula is C32H37ClN6O3. The van der Waals surface area contributed by atoms with Gasteiger partial charge in [0.1, 0.15) is 35.5 Å². The van der Waals surface area contributed by atoms with Gasteiger partial charge in [-0.2, -0.15) is 0 Å². The monoisotopic (exact) mass is 588 g/mol. The SMILES string of the molecule is CCOc1c(C(C)N2CC(CC)=C(C#CC(C)O)c3c(N)ncnc32)cc(Cl)c(C)c1-c1ccc(C(=O)N(C)C)nc1. The van der Waals surface area contributed by atoms with Crippen LogP contribution in [0.2, 0.25) is 5.02 Å². The third-order valence-electron chi connectivity index (χ3n) is 7.31. The molecule has 0 saturated heterocycles. The molecule has 2 unspecified atom stereocenters. The lowest BCUT2D eigenvalue weighted by Crippen LogP contribution is -2.34. The zero-order valence-corrected chi connectivity index (χ0v) is 25.9. The van der Waals surface area contributed by atoms with Crippen LogP contribution in [0.4, 0.5) is 11.6 Å². The predicted octanol–water partition coefficient (Wildman–Crippen LogP) is 5.31. The normalized spacial score (nSPS) is 14.1. The first-order chi connectivity index (χ1) is 20.0. The Labute approximate surface area is 252 Å². The molecule has 9 nitrogen and oxygen atoms in total. The second-order valence-electron chi connectivity index (χ2n) is 10.4. The first-order valence-electron chi connectivity index (χ1n) is 13.9. The Kier molecular flexibility index (Phi) is 9.40. The number of anilines is 2. The first-order valence-corrected chi connectivity index (χ1v) is 14.3. The van der Waals surface area contributed by atoms with Crippen molar-refractivity contribution in [3.8, 4) is 28.7 Å². The van der Waals surface area contributed by atoms with E-state index in [0.29, 0.717) is 46.8 Å². The van der Waals surface area contributed by atoms with Crippen molar-refractivity contribution in [3.63, 3.8) is 0 Å². The molecule has 1 aliphatic rings. The zero-order valence-electron chi connectivity index (χ0n) is 25.1.